The van der Waals surface area contributed by atoms with E-state index in [9.17, 15) is 0 Å². The number of nitrogens with zero attached hydrogens (tertiary/aromatic N) is 1. The van der Waals surface area contributed by atoms with Crippen molar-refractivity contribution >= 4 is 0 Å². The molecule has 0 amide bonds. The SMILES string of the molecule is CC1CCCCC1N(C)CCCCCCO. The summed E-state index contributed by atoms with van der Waals surface area (Å²) < 4.78 is 0. The molecule has 2 nitrogen and oxygen atoms in total. The molecule has 2 heteroatoms. The lowest BCUT2D eigenvalue weighted by molar-refractivity contribution is 0.137. The highest BCUT2D eigenvalue weighted by Crippen LogP contribution is 2.27. The van der Waals surface area contributed by atoms with Crippen molar-refractivity contribution in [1.29, 1.82) is 0 Å². The Morgan fingerprint density at radius 3 is 2.44 bits per heavy atom. The van der Waals surface area contributed by atoms with Crippen molar-refractivity contribution in [1.82, 2.24) is 4.90 Å². The van der Waals surface area contributed by atoms with Gasteiger partial charge in [0.15, 0.2) is 0 Å². The molecule has 0 spiro atoms. The average Bonchev–Trinajstić information content (AvgIpc) is 2.29. The first kappa shape index (κ1) is 14.0. The lowest BCUT2D eigenvalue weighted by Gasteiger charge is -2.36. The molecule has 1 N–H and O–H groups in total. The molecule has 1 saturated carbocycles. The quantitative estimate of drug-likeness (QED) is 0.676. The van der Waals surface area contributed by atoms with Crippen molar-refractivity contribution in [3.05, 3.63) is 0 Å². The van der Waals surface area contributed by atoms with Crippen LogP contribution in [-0.4, -0.2) is 36.2 Å². The van der Waals surface area contributed by atoms with Crippen LogP contribution in [0, 0.1) is 5.92 Å². The van der Waals surface area contributed by atoms with Crippen LogP contribution in [0.15, 0.2) is 0 Å². The highest BCUT2D eigenvalue weighted by Gasteiger charge is 2.24. The second kappa shape index (κ2) is 8.08. The van der Waals surface area contributed by atoms with E-state index in [1.54, 1.807) is 0 Å². The van der Waals surface area contributed by atoms with E-state index in [0.29, 0.717) is 6.61 Å². The molecule has 0 aromatic heterocycles. The Hall–Kier alpha value is -0.0800. The van der Waals surface area contributed by atoms with Gasteiger partial charge in [-0.15, -0.1) is 0 Å². The second-order valence-corrected chi connectivity index (χ2v) is 5.45. The Morgan fingerprint density at radius 1 is 1.06 bits per heavy atom. The molecule has 2 unspecified atom stereocenters. The summed E-state index contributed by atoms with van der Waals surface area (Å²) >= 11 is 0. The van der Waals surface area contributed by atoms with Crippen LogP contribution in [0.5, 0.6) is 0 Å². The van der Waals surface area contributed by atoms with Gasteiger partial charge in [0.05, 0.1) is 0 Å². The monoisotopic (exact) mass is 227 g/mol. The number of hydrogen-bond donors (Lipinski definition) is 1. The van der Waals surface area contributed by atoms with Crippen molar-refractivity contribution in [2.24, 2.45) is 5.92 Å². The molecular formula is C14H29NO. The van der Waals surface area contributed by atoms with Gasteiger partial charge in [0, 0.05) is 12.6 Å². The Balaban J connectivity index is 2.10. The van der Waals surface area contributed by atoms with Gasteiger partial charge in [0.25, 0.3) is 0 Å². The van der Waals surface area contributed by atoms with E-state index in [4.69, 9.17) is 5.11 Å². The van der Waals surface area contributed by atoms with Crippen molar-refractivity contribution < 1.29 is 5.11 Å². The van der Waals surface area contributed by atoms with Crippen LogP contribution in [0.1, 0.15) is 58.3 Å². The molecule has 0 radical (unpaired) electrons. The van der Waals surface area contributed by atoms with Gasteiger partial charge in [-0.2, -0.15) is 0 Å². The number of hydrogen-bond acceptors (Lipinski definition) is 2. The smallest absolute Gasteiger partial charge is 0.0431 e. The normalized spacial score (nSPS) is 26.2. The number of rotatable bonds is 7. The summed E-state index contributed by atoms with van der Waals surface area (Å²) in [4.78, 5) is 2.57. The summed E-state index contributed by atoms with van der Waals surface area (Å²) in [7, 11) is 2.29. The Bertz CT molecular complexity index is 172. The third-order valence-electron chi connectivity index (χ3n) is 4.05. The van der Waals surface area contributed by atoms with E-state index < -0.39 is 0 Å². The summed E-state index contributed by atoms with van der Waals surface area (Å²) in [5.41, 5.74) is 0. The first-order valence-electron chi connectivity index (χ1n) is 7.07. The van der Waals surface area contributed by atoms with E-state index in [2.05, 4.69) is 18.9 Å². The van der Waals surface area contributed by atoms with E-state index in [-0.39, 0.29) is 0 Å². The lowest BCUT2D eigenvalue weighted by Crippen LogP contribution is -2.39. The van der Waals surface area contributed by atoms with Gasteiger partial charge in [-0.25, -0.2) is 0 Å². The first-order chi connectivity index (χ1) is 7.75. The summed E-state index contributed by atoms with van der Waals surface area (Å²) in [5.74, 6) is 0.885. The Kier molecular flexibility index (Phi) is 7.06. The third-order valence-corrected chi connectivity index (χ3v) is 4.05. The first-order valence-corrected chi connectivity index (χ1v) is 7.07. The van der Waals surface area contributed by atoms with Crippen LogP contribution in [0.3, 0.4) is 0 Å². The number of aliphatic hydroxyl groups excluding tert-OH is 1. The molecule has 16 heavy (non-hydrogen) atoms. The minimum atomic E-state index is 0.357. The minimum Gasteiger partial charge on any atom is -0.396 e. The summed E-state index contributed by atoms with van der Waals surface area (Å²) in [6, 6.07) is 0.826. The molecule has 1 aliphatic rings. The molecule has 2 atom stereocenters. The summed E-state index contributed by atoms with van der Waals surface area (Å²) in [6.07, 6.45) is 10.4. The van der Waals surface area contributed by atoms with Crippen molar-refractivity contribution in [2.45, 2.75) is 64.3 Å². The predicted octanol–water partition coefficient (Wildman–Crippen LogP) is 3.05. The van der Waals surface area contributed by atoms with Gasteiger partial charge < -0.3 is 10.0 Å². The molecular weight excluding hydrogens is 198 g/mol. The fourth-order valence-corrected chi connectivity index (χ4v) is 2.94. The maximum absolute atomic E-state index is 8.70. The zero-order valence-corrected chi connectivity index (χ0v) is 11.1. The molecule has 1 rings (SSSR count). The standard InChI is InChI=1S/C14H29NO/c1-13-9-5-6-10-14(13)15(2)11-7-3-4-8-12-16/h13-14,16H,3-12H2,1-2H3. The molecule has 1 fully saturated rings. The van der Waals surface area contributed by atoms with Gasteiger partial charge in [-0.05, 0) is 45.2 Å². The minimum absolute atomic E-state index is 0.357. The molecule has 0 heterocycles. The topological polar surface area (TPSA) is 23.5 Å². The van der Waals surface area contributed by atoms with Gasteiger partial charge in [0.1, 0.15) is 0 Å². The number of aliphatic hydroxyl groups is 1. The lowest BCUT2D eigenvalue weighted by atomic mass is 9.85. The van der Waals surface area contributed by atoms with Crippen LogP contribution in [0.4, 0.5) is 0 Å². The van der Waals surface area contributed by atoms with E-state index >= 15 is 0 Å². The van der Waals surface area contributed by atoms with Crippen LogP contribution < -0.4 is 0 Å². The van der Waals surface area contributed by atoms with Crippen molar-refractivity contribution in [2.75, 3.05) is 20.2 Å². The number of unbranched alkanes of at least 4 members (excludes halogenated alkanes) is 3. The van der Waals surface area contributed by atoms with Crippen LogP contribution in [0.2, 0.25) is 0 Å². The van der Waals surface area contributed by atoms with Gasteiger partial charge in [-0.3, -0.25) is 0 Å². The van der Waals surface area contributed by atoms with Gasteiger partial charge in [-0.1, -0.05) is 32.6 Å². The maximum atomic E-state index is 8.70. The molecule has 0 bridgehead atoms. The fraction of sp³-hybridized carbons (Fsp3) is 1.00. The van der Waals surface area contributed by atoms with Crippen LogP contribution >= 0.6 is 0 Å². The van der Waals surface area contributed by atoms with E-state index in [1.807, 2.05) is 0 Å². The highest BCUT2D eigenvalue weighted by atomic mass is 16.2. The highest BCUT2D eigenvalue weighted by molar-refractivity contribution is 4.79. The van der Waals surface area contributed by atoms with Crippen molar-refractivity contribution in [3.8, 4) is 0 Å². The van der Waals surface area contributed by atoms with Gasteiger partial charge in [0.2, 0.25) is 0 Å². The largest absolute Gasteiger partial charge is 0.396 e. The molecule has 0 aliphatic heterocycles. The molecule has 96 valence electrons. The fourth-order valence-electron chi connectivity index (χ4n) is 2.94. The van der Waals surface area contributed by atoms with Crippen LogP contribution in [0.25, 0.3) is 0 Å². The zero-order valence-electron chi connectivity index (χ0n) is 11.1. The Morgan fingerprint density at radius 2 is 1.75 bits per heavy atom. The average molecular weight is 227 g/mol. The second-order valence-electron chi connectivity index (χ2n) is 5.45. The molecule has 0 aromatic rings. The zero-order chi connectivity index (χ0) is 11.8. The molecule has 0 saturated heterocycles. The maximum Gasteiger partial charge on any atom is 0.0431 e. The summed E-state index contributed by atoms with van der Waals surface area (Å²) in [5, 5.41) is 8.70. The third kappa shape index (κ3) is 4.84. The Labute approximate surface area is 101 Å². The van der Waals surface area contributed by atoms with Crippen LogP contribution in [-0.2, 0) is 0 Å². The molecule has 0 aromatic carbocycles. The summed E-state index contributed by atoms with van der Waals surface area (Å²) in [6.45, 7) is 4.00. The van der Waals surface area contributed by atoms with E-state index in [1.165, 1.54) is 51.5 Å². The molecule has 1 aliphatic carbocycles. The van der Waals surface area contributed by atoms with E-state index in [0.717, 1.165) is 18.4 Å². The van der Waals surface area contributed by atoms with Gasteiger partial charge >= 0.3 is 0 Å². The van der Waals surface area contributed by atoms with Crippen molar-refractivity contribution in [3.63, 3.8) is 0 Å². The predicted molar refractivity (Wildman–Crippen MR) is 69.6 cm³/mol.